The summed E-state index contributed by atoms with van der Waals surface area (Å²) in [4.78, 5) is 2.23. The maximum Gasteiger partial charge on any atom is 0.0796 e. The minimum absolute atomic E-state index is 0.218. The van der Waals surface area contributed by atoms with E-state index in [1.165, 1.54) is 36.2 Å². The van der Waals surface area contributed by atoms with E-state index in [0.29, 0.717) is 5.92 Å². The summed E-state index contributed by atoms with van der Waals surface area (Å²) in [6.07, 6.45) is 8.14. The molecule has 0 spiro atoms. The molecule has 1 aromatic rings. The van der Waals surface area contributed by atoms with Gasteiger partial charge in [0.25, 0.3) is 0 Å². The quantitative estimate of drug-likeness (QED) is 0.721. The van der Waals surface area contributed by atoms with Gasteiger partial charge in [0.15, 0.2) is 0 Å². The van der Waals surface area contributed by atoms with Gasteiger partial charge in [0.2, 0.25) is 0 Å². The zero-order valence-corrected chi connectivity index (χ0v) is 13.8. The second-order valence-electron chi connectivity index (χ2n) is 7.04. The molecule has 0 amide bonds. The number of aryl methyl sites for hydroxylation is 1. The Morgan fingerprint density at radius 1 is 1.23 bits per heavy atom. The smallest absolute Gasteiger partial charge is 0.0796 e. The van der Waals surface area contributed by atoms with E-state index in [0.717, 1.165) is 51.9 Å². The number of nitrogens with zero attached hydrogens (tertiary/aromatic N) is 2. The average molecular weight is 306 g/mol. The van der Waals surface area contributed by atoms with Crippen LogP contribution in [0.4, 0.5) is 0 Å². The van der Waals surface area contributed by atoms with Crippen LogP contribution in [-0.2, 0) is 19.4 Å². The number of aliphatic hydroxyl groups excluding tert-OH is 1. The van der Waals surface area contributed by atoms with Gasteiger partial charge in [0, 0.05) is 18.8 Å². The number of aromatic nitrogens is 2. The van der Waals surface area contributed by atoms with Crippen molar-refractivity contribution in [1.29, 1.82) is 0 Å². The van der Waals surface area contributed by atoms with Crippen molar-refractivity contribution in [3.05, 3.63) is 17.0 Å². The molecule has 1 aliphatic carbocycles. The summed E-state index contributed by atoms with van der Waals surface area (Å²) >= 11 is 0. The molecule has 3 rings (SSSR count). The van der Waals surface area contributed by atoms with Gasteiger partial charge in [-0.05, 0) is 70.1 Å². The number of likely N-dealkylation sites (N-methyl/N-ethyl adjacent to an activating group) is 1. The number of hydrogen-bond acceptors (Lipinski definition) is 4. The Bertz CT molecular complexity index is 467. The van der Waals surface area contributed by atoms with E-state index < -0.39 is 0 Å². The lowest BCUT2D eigenvalue weighted by atomic mass is 9.92. The molecule has 0 aromatic carbocycles. The standard InChI is InChI=1S/C17H30N4O/c1-21(12-17(22)13-7-9-18-10-8-13)11-16-14-5-3-2-4-6-15(14)19-20-16/h13,17-18,22H,2-12H2,1H3,(H,19,20). The monoisotopic (exact) mass is 306 g/mol. The van der Waals surface area contributed by atoms with Gasteiger partial charge in [-0.25, -0.2) is 0 Å². The van der Waals surface area contributed by atoms with Crippen LogP contribution in [-0.4, -0.2) is 53.0 Å². The minimum atomic E-state index is -0.218. The zero-order valence-electron chi connectivity index (χ0n) is 13.8. The van der Waals surface area contributed by atoms with E-state index in [4.69, 9.17) is 0 Å². The first-order valence-electron chi connectivity index (χ1n) is 8.86. The summed E-state index contributed by atoms with van der Waals surface area (Å²) in [6.45, 7) is 3.66. The van der Waals surface area contributed by atoms with Gasteiger partial charge in [-0.15, -0.1) is 0 Å². The first-order valence-corrected chi connectivity index (χ1v) is 8.86. The lowest BCUT2D eigenvalue weighted by Gasteiger charge is -2.30. The molecule has 1 atom stereocenters. The fourth-order valence-electron chi connectivity index (χ4n) is 3.87. The fourth-order valence-corrected chi connectivity index (χ4v) is 3.87. The largest absolute Gasteiger partial charge is 0.392 e. The van der Waals surface area contributed by atoms with Gasteiger partial charge in [-0.1, -0.05) is 6.42 Å². The first-order chi connectivity index (χ1) is 10.7. The Balaban J connectivity index is 1.55. The molecule has 0 bridgehead atoms. The molecule has 1 saturated heterocycles. The van der Waals surface area contributed by atoms with Crippen LogP contribution in [0.1, 0.15) is 49.1 Å². The minimum Gasteiger partial charge on any atom is -0.392 e. The van der Waals surface area contributed by atoms with E-state index >= 15 is 0 Å². The van der Waals surface area contributed by atoms with Crippen LogP contribution in [0.15, 0.2) is 0 Å². The van der Waals surface area contributed by atoms with E-state index in [1.807, 2.05) is 0 Å². The normalized spacial score (nSPS) is 21.6. The van der Waals surface area contributed by atoms with Crippen molar-refractivity contribution >= 4 is 0 Å². The van der Waals surface area contributed by atoms with Crippen molar-refractivity contribution in [1.82, 2.24) is 20.4 Å². The number of rotatable bonds is 5. The summed E-state index contributed by atoms with van der Waals surface area (Å²) in [6, 6.07) is 0. The van der Waals surface area contributed by atoms with E-state index in [1.54, 1.807) is 0 Å². The van der Waals surface area contributed by atoms with E-state index in [-0.39, 0.29) is 6.10 Å². The van der Waals surface area contributed by atoms with Crippen LogP contribution in [0.2, 0.25) is 0 Å². The van der Waals surface area contributed by atoms with Gasteiger partial charge >= 0.3 is 0 Å². The van der Waals surface area contributed by atoms with Crippen molar-refractivity contribution in [2.45, 2.75) is 57.6 Å². The van der Waals surface area contributed by atoms with Crippen LogP contribution in [0.25, 0.3) is 0 Å². The van der Waals surface area contributed by atoms with Crippen molar-refractivity contribution < 1.29 is 5.11 Å². The van der Waals surface area contributed by atoms with Crippen LogP contribution in [0, 0.1) is 5.92 Å². The Morgan fingerprint density at radius 3 is 2.82 bits per heavy atom. The van der Waals surface area contributed by atoms with Gasteiger partial charge in [-0.2, -0.15) is 5.10 Å². The first kappa shape index (κ1) is 16.0. The molecule has 22 heavy (non-hydrogen) atoms. The van der Waals surface area contributed by atoms with Crippen LogP contribution < -0.4 is 5.32 Å². The molecule has 1 fully saturated rings. The number of fused-ring (bicyclic) bond motifs is 1. The van der Waals surface area contributed by atoms with Crippen molar-refractivity contribution in [3.8, 4) is 0 Å². The molecule has 0 saturated carbocycles. The van der Waals surface area contributed by atoms with Crippen molar-refractivity contribution in [2.75, 3.05) is 26.7 Å². The van der Waals surface area contributed by atoms with Crippen molar-refractivity contribution in [2.24, 2.45) is 5.92 Å². The highest BCUT2D eigenvalue weighted by atomic mass is 16.3. The topological polar surface area (TPSA) is 64.2 Å². The highest BCUT2D eigenvalue weighted by Gasteiger charge is 2.23. The molecular formula is C17H30N4O. The summed E-state index contributed by atoms with van der Waals surface area (Å²) in [5.41, 5.74) is 3.98. The third kappa shape index (κ3) is 3.89. The van der Waals surface area contributed by atoms with Gasteiger partial charge in [0.1, 0.15) is 0 Å². The maximum atomic E-state index is 10.5. The molecule has 124 valence electrons. The number of aliphatic hydroxyl groups is 1. The SMILES string of the molecule is CN(Cc1n[nH]c2c1CCCCC2)CC(O)C1CCNCC1. The number of hydrogen-bond donors (Lipinski definition) is 3. The lowest BCUT2D eigenvalue weighted by molar-refractivity contribution is 0.0558. The molecular weight excluding hydrogens is 276 g/mol. The van der Waals surface area contributed by atoms with E-state index in [2.05, 4.69) is 27.5 Å². The zero-order chi connectivity index (χ0) is 15.4. The molecule has 1 unspecified atom stereocenters. The molecule has 1 aromatic heterocycles. The Hall–Kier alpha value is -0.910. The molecule has 5 nitrogen and oxygen atoms in total. The molecule has 5 heteroatoms. The highest BCUT2D eigenvalue weighted by Crippen LogP contribution is 2.23. The summed E-state index contributed by atoms with van der Waals surface area (Å²) in [5, 5.41) is 21.6. The summed E-state index contributed by atoms with van der Waals surface area (Å²) < 4.78 is 0. The number of nitrogens with one attached hydrogen (secondary N) is 2. The maximum absolute atomic E-state index is 10.5. The molecule has 0 radical (unpaired) electrons. The lowest BCUT2D eigenvalue weighted by Crippen LogP contribution is -2.39. The van der Waals surface area contributed by atoms with Gasteiger partial charge in [-0.3, -0.25) is 10.00 Å². The Kier molecular flexibility index (Phi) is 5.50. The summed E-state index contributed by atoms with van der Waals surface area (Å²) in [5.74, 6) is 0.444. The van der Waals surface area contributed by atoms with Crippen molar-refractivity contribution in [3.63, 3.8) is 0 Å². The fraction of sp³-hybridized carbons (Fsp3) is 0.824. The predicted molar refractivity (Wildman–Crippen MR) is 87.8 cm³/mol. The second-order valence-corrected chi connectivity index (χ2v) is 7.04. The number of piperidine rings is 1. The predicted octanol–water partition coefficient (Wildman–Crippen LogP) is 1.47. The number of H-pyrrole nitrogens is 1. The molecule has 2 heterocycles. The van der Waals surface area contributed by atoms with Crippen LogP contribution in [0.3, 0.4) is 0 Å². The average Bonchev–Trinajstić information content (AvgIpc) is 2.75. The third-order valence-electron chi connectivity index (χ3n) is 5.24. The highest BCUT2D eigenvalue weighted by molar-refractivity contribution is 5.26. The van der Waals surface area contributed by atoms with E-state index in [9.17, 15) is 5.11 Å². The van der Waals surface area contributed by atoms with Gasteiger partial charge < -0.3 is 10.4 Å². The molecule has 2 aliphatic rings. The second kappa shape index (κ2) is 7.57. The van der Waals surface area contributed by atoms with Crippen LogP contribution in [0.5, 0.6) is 0 Å². The number of aromatic amines is 1. The van der Waals surface area contributed by atoms with Gasteiger partial charge in [0.05, 0.1) is 11.8 Å². The van der Waals surface area contributed by atoms with Crippen LogP contribution >= 0.6 is 0 Å². The summed E-state index contributed by atoms with van der Waals surface area (Å²) in [7, 11) is 2.10. The Morgan fingerprint density at radius 2 is 2.00 bits per heavy atom. The molecule has 1 aliphatic heterocycles. The molecule has 3 N–H and O–H groups in total. The third-order valence-corrected chi connectivity index (χ3v) is 5.24. The Labute approximate surface area is 133 Å².